The van der Waals surface area contributed by atoms with Crippen molar-refractivity contribution >= 4 is 11.8 Å². The maximum atomic E-state index is 11.9. The monoisotopic (exact) mass is 268 g/mol. The van der Waals surface area contributed by atoms with Crippen LogP contribution in [0, 0.1) is 17.8 Å². The Kier molecular flexibility index (Phi) is 6.32. The lowest BCUT2D eigenvalue weighted by Crippen LogP contribution is -2.49. The van der Waals surface area contributed by atoms with Crippen LogP contribution >= 0.6 is 0 Å². The van der Waals surface area contributed by atoms with Gasteiger partial charge >= 0.3 is 0 Å². The molecule has 0 heterocycles. The molecule has 4 nitrogen and oxygen atoms in total. The maximum absolute atomic E-state index is 11.9. The average molecular weight is 268 g/mol. The average Bonchev–Trinajstić information content (AvgIpc) is 2.39. The summed E-state index contributed by atoms with van der Waals surface area (Å²) in [6, 6.07) is 0.252. The number of nitrogens with one attached hydrogen (secondary N) is 2. The minimum atomic E-state index is -0.0674. The summed E-state index contributed by atoms with van der Waals surface area (Å²) in [5.41, 5.74) is 0. The van der Waals surface area contributed by atoms with Crippen LogP contribution in [-0.4, -0.2) is 24.4 Å². The molecule has 0 aliphatic heterocycles. The van der Waals surface area contributed by atoms with Crippen molar-refractivity contribution in [2.75, 3.05) is 6.54 Å². The first-order valence-electron chi connectivity index (χ1n) is 7.52. The van der Waals surface area contributed by atoms with Gasteiger partial charge in [-0.1, -0.05) is 34.1 Å². The van der Waals surface area contributed by atoms with E-state index in [-0.39, 0.29) is 30.3 Å². The predicted molar refractivity (Wildman–Crippen MR) is 76.6 cm³/mol. The Labute approximate surface area is 116 Å². The molecule has 4 heteroatoms. The molecule has 0 aromatic carbocycles. The van der Waals surface area contributed by atoms with E-state index in [2.05, 4.69) is 24.5 Å². The predicted octanol–water partition coefficient (Wildman–Crippen LogP) is 2.09. The standard InChI is InChI=1S/C15H28N2O2/c1-5-10(2)15(19)16-9-13(18)17-14-11(3)7-6-8-12(14)4/h10-12,14H,5-9H2,1-4H3,(H,16,19)(H,17,18)/t10-,11+,12+/m0/s1. The minimum Gasteiger partial charge on any atom is -0.351 e. The summed E-state index contributed by atoms with van der Waals surface area (Å²) in [6.45, 7) is 8.32. The van der Waals surface area contributed by atoms with Crippen molar-refractivity contribution in [3.05, 3.63) is 0 Å². The third-order valence-electron chi connectivity index (χ3n) is 4.36. The van der Waals surface area contributed by atoms with E-state index < -0.39 is 0 Å². The highest BCUT2D eigenvalue weighted by Gasteiger charge is 2.28. The quantitative estimate of drug-likeness (QED) is 0.802. The van der Waals surface area contributed by atoms with Crippen LogP contribution in [0.1, 0.15) is 53.4 Å². The molecular weight excluding hydrogens is 240 g/mol. The molecule has 0 spiro atoms. The van der Waals surface area contributed by atoms with Gasteiger partial charge in [0.1, 0.15) is 0 Å². The molecule has 0 aromatic heterocycles. The summed E-state index contributed by atoms with van der Waals surface area (Å²) in [5.74, 6) is 0.918. The Morgan fingerprint density at radius 2 is 1.79 bits per heavy atom. The van der Waals surface area contributed by atoms with Crippen LogP contribution in [0.2, 0.25) is 0 Å². The van der Waals surface area contributed by atoms with Crippen molar-refractivity contribution in [2.45, 2.75) is 59.4 Å². The maximum Gasteiger partial charge on any atom is 0.239 e. The molecule has 0 unspecified atom stereocenters. The van der Waals surface area contributed by atoms with E-state index >= 15 is 0 Å². The third kappa shape index (κ3) is 4.84. The van der Waals surface area contributed by atoms with Crippen molar-refractivity contribution < 1.29 is 9.59 Å². The van der Waals surface area contributed by atoms with Gasteiger partial charge in [0.2, 0.25) is 11.8 Å². The van der Waals surface area contributed by atoms with Crippen LogP contribution < -0.4 is 10.6 Å². The van der Waals surface area contributed by atoms with Crippen molar-refractivity contribution in [1.82, 2.24) is 10.6 Å². The molecule has 3 atom stereocenters. The number of carbonyl (C=O) groups excluding carboxylic acids is 2. The second kappa shape index (κ2) is 7.51. The van der Waals surface area contributed by atoms with Crippen LogP contribution in [-0.2, 0) is 9.59 Å². The van der Waals surface area contributed by atoms with E-state index in [1.807, 2.05) is 13.8 Å². The van der Waals surface area contributed by atoms with Crippen molar-refractivity contribution in [2.24, 2.45) is 17.8 Å². The summed E-state index contributed by atoms with van der Waals surface area (Å²) in [7, 11) is 0. The molecule has 19 heavy (non-hydrogen) atoms. The number of amides is 2. The highest BCUT2D eigenvalue weighted by atomic mass is 16.2. The van der Waals surface area contributed by atoms with Gasteiger partial charge in [-0.3, -0.25) is 9.59 Å². The van der Waals surface area contributed by atoms with E-state index in [4.69, 9.17) is 0 Å². The Morgan fingerprint density at radius 1 is 1.21 bits per heavy atom. The second-order valence-corrected chi connectivity index (χ2v) is 6.01. The Morgan fingerprint density at radius 3 is 2.32 bits per heavy atom. The van der Waals surface area contributed by atoms with E-state index in [1.165, 1.54) is 19.3 Å². The van der Waals surface area contributed by atoms with Crippen molar-refractivity contribution in [3.63, 3.8) is 0 Å². The van der Waals surface area contributed by atoms with Gasteiger partial charge in [0, 0.05) is 12.0 Å². The van der Waals surface area contributed by atoms with Gasteiger partial charge < -0.3 is 10.6 Å². The summed E-state index contributed by atoms with van der Waals surface area (Å²) in [5, 5.41) is 5.78. The van der Waals surface area contributed by atoms with Crippen LogP contribution in [0.5, 0.6) is 0 Å². The molecule has 1 rings (SSSR count). The van der Waals surface area contributed by atoms with E-state index in [9.17, 15) is 9.59 Å². The van der Waals surface area contributed by atoms with Gasteiger partial charge in [0.25, 0.3) is 0 Å². The fraction of sp³-hybridized carbons (Fsp3) is 0.867. The molecule has 0 bridgehead atoms. The molecule has 1 saturated carbocycles. The van der Waals surface area contributed by atoms with Crippen LogP contribution in [0.25, 0.3) is 0 Å². The largest absolute Gasteiger partial charge is 0.351 e. The van der Waals surface area contributed by atoms with Gasteiger partial charge in [0.15, 0.2) is 0 Å². The molecule has 1 aliphatic carbocycles. The SMILES string of the molecule is CC[C@H](C)C(=O)NCC(=O)NC1[C@H](C)CCC[C@H]1C. The zero-order valence-corrected chi connectivity index (χ0v) is 12.7. The Bertz CT molecular complexity index is 307. The van der Waals surface area contributed by atoms with Crippen molar-refractivity contribution in [3.8, 4) is 0 Å². The van der Waals surface area contributed by atoms with Gasteiger partial charge in [-0.25, -0.2) is 0 Å². The zero-order valence-electron chi connectivity index (χ0n) is 12.7. The minimum absolute atomic E-state index is 0.0275. The summed E-state index contributed by atoms with van der Waals surface area (Å²) < 4.78 is 0. The number of hydrogen-bond acceptors (Lipinski definition) is 2. The lowest BCUT2D eigenvalue weighted by atomic mass is 9.79. The molecule has 2 N–H and O–H groups in total. The van der Waals surface area contributed by atoms with E-state index in [0.717, 1.165) is 6.42 Å². The molecule has 0 saturated heterocycles. The van der Waals surface area contributed by atoms with E-state index in [0.29, 0.717) is 11.8 Å². The van der Waals surface area contributed by atoms with Gasteiger partial charge in [-0.15, -0.1) is 0 Å². The summed E-state index contributed by atoms with van der Waals surface area (Å²) >= 11 is 0. The number of carbonyl (C=O) groups is 2. The second-order valence-electron chi connectivity index (χ2n) is 6.01. The van der Waals surface area contributed by atoms with Gasteiger partial charge in [-0.2, -0.15) is 0 Å². The summed E-state index contributed by atoms with van der Waals surface area (Å²) in [6.07, 6.45) is 4.40. The highest BCUT2D eigenvalue weighted by molar-refractivity contribution is 5.85. The van der Waals surface area contributed by atoms with Crippen molar-refractivity contribution in [1.29, 1.82) is 0 Å². The fourth-order valence-electron chi connectivity index (χ4n) is 2.73. The first-order chi connectivity index (χ1) is 8.95. The van der Waals surface area contributed by atoms with E-state index in [1.54, 1.807) is 0 Å². The topological polar surface area (TPSA) is 58.2 Å². The third-order valence-corrected chi connectivity index (χ3v) is 4.36. The summed E-state index contributed by atoms with van der Waals surface area (Å²) in [4.78, 5) is 23.5. The number of hydrogen-bond donors (Lipinski definition) is 2. The van der Waals surface area contributed by atoms with Gasteiger partial charge in [-0.05, 0) is 31.1 Å². The molecule has 1 fully saturated rings. The molecule has 0 aromatic rings. The molecule has 2 amide bonds. The van der Waals surface area contributed by atoms with Crippen LogP contribution in [0.3, 0.4) is 0 Å². The molecular formula is C15H28N2O2. The lowest BCUT2D eigenvalue weighted by Gasteiger charge is -2.35. The van der Waals surface area contributed by atoms with Crippen LogP contribution in [0.15, 0.2) is 0 Å². The Hall–Kier alpha value is -1.06. The lowest BCUT2D eigenvalue weighted by molar-refractivity contribution is -0.128. The first-order valence-corrected chi connectivity index (χ1v) is 7.52. The zero-order chi connectivity index (χ0) is 14.4. The van der Waals surface area contributed by atoms with Gasteiger partial charge in [0.05, 0.1) is 6.54 Å². The molecule has 0 radical (unpaired) electrons. The fourth-order valence-corrected chi connectivity index (χ4v) is 2.73. The normalized spacial score (nSPS) is 25.7. The highest BCUT2D eigenvalue weighted by Crippen LogP contribution is 2.28. The van der Waals surface area contributed by atoms with Crippen LogP contribution in [0.4, 0.5) is 0 Å². The number of rotatable bonds is 5. The molecule has 1 aliphatic rings. The smallest absolute Gasteiger partial charge is 0.239 e. The first kappa shape index (κ1) is 16.0. The molecule has 110 valence electrons. The Balaban J connectivity index is 2.36.